The van der Waals surface area contributed by atoms with Gasteiger partial charge in [0.2, 0.25) is 0 Å². The summed E-state index contributed by atoms with van der Waals surface area (Å²) in [6, 6.07) is 0. The van der Waals surface area contributed by atoms with E-state index in [0.29, 0.717) is 0 Å². The van der Waals surface area contributed by atoms with Gasteiger partial charge in [0.1, 0.15) is 0 Å². The molecule has 0 aromatic rings. The summed E-state index contributed by atoms with van der Waals surface area (Å²) < 4.78 is 0. The summed E-state index contributed by atoms with van der Waals surface area (Å²) in [4.78, 5) is 0. The lowest BCUT2D eigenvalue weighted by atomic mass is 10.1. The monoisotopic (exact) mass is 228 g/mol. The second-order valence-corrected chi connectivity index (χ2v) is 4.54. The van der Waals surface area contributed by atoms with Crippen molar-refractivity contribution in [2.75, 3.05) is 26.2 Å². The molecule has 0 bridgehead atoms. The molecule has 0 spiro atoms. The lowest BCUT2D eigenvalue weighted by Gasteiger charge is -2.03. The van der Waals surface area contributed by atoms with Gasteiger partial charge >= 0.3 is 0 Å². The molecular formula is C14H32N2. The first-order valence-electron chi connectivity index (χ1n) is 7.33. The van der Waals surface area contributed by atoms with Gasteiger partial charge in [-0.2, -0.15) is 0 Å². The molecular weight excluding hydrogens is 196 g/mol. The van der Waals surface area contributed by atoms with Gasteiger partial charge < -0.3 is 10.6 Å². The molecule has 0 aliphatic carbocycles. The number of hydrogen-bond donors (Lipinski definition) is 2. The fourth-order valence-corrected chi connectivity index (χ4v) is 1.91. The molecule has 0 radical (unpaired) electrons. The third-order valence-corrected chi connectivity index (χ3v) is 2.96. The van der Waals surface area contributed by atoms with Crippen LogP contribution in [0.4, 0.5) is 0 Å². The van der Waals surface area contributed by atoms with E-state index < -0.39 is 0 Å². The van der Waals surface area contributed by atoms with Crippen LogP contribution >= 0.6 is 0 Å². The average Bonchev–Trinajstić information content (AvgIpc) is 2.31. The average molecular weight is 228 g/mol. The van der Waals surface area contributed by atoms with Crippen LogP contribution in [-0.2, 0) is 0 Å². The second kappa shape index (κ2) is 14.9. The largest absolute Gasteiger partial charge is 0.317 e. The molecule has 0 saturated carbocycles. The molecule has 2 nitrogen and oxygen atoms in total. The summed E-state index contributed by atoms with van der Waals surface area (Å²) in [5, 5.41) is 6.74. The predicted octanol–water partition coefficient (Wildman–Crippen LogP) is 3.33. The zero-order valence-electron chi connectivity index (χ0n) is 11.5. The van der Waals surface area contributed by atoms with E-state index in [2.05, 4.69) is 24.5 Å². The maximum Gasteiger partial charge on any atom is -0.00490 e. The van der Waals surface area contributed by atoms with Crippen molar-refractivity contribution < 1.29 is 0 Å². The van der Waals surface area contributed by atoms with E-state index in [1.807, 2.05) is 0 Å². The van der Waals surface area contributed by atoms with Crippen LogP contribution in [0.3, 0.4) is 0 Å². The highest BCUT2D eigenvalue weighted by atomic mass is 14.8. The van der Waals surface area contributed by atoms with Gasteiger partial charge in [0.15, 0.2) is 0 Å². The van der Waals surface area contributed by atoms with Gasteiger partial charge in [-0.1, -0.05) is 52.4 Å². The van der Waals surface area contributed by atoms with Crippen molar-refractivity contribution in [2.45, 2.75) is 65.2 Å². The maximum absolute atomic E-state index is 3.37. The van der Waals surface area contributed by atoms with Crippen molar-refractivity contribution in [3.63, 3.8) is 0 Å². The first kappa shape index (κ1) is 15.9. The van der Waals surface area contributed by atoms with E-state index in [0.717, 1.165) is 13.1 Å². The van der Waals surface area contributed by atoms with Crippen LogP contribution in [0.1, 0.15) is 65.2 Å². The minimum atomic E-state index is 1.12. The minimum absolute atomic E-state index is 1.12. The van der Waals surface area contributed by atoms with Crippen LogP contribution < -0.4 is 10.6 Å². The van der Waals surface area contributed by atoms with Crippen molar-refractivity contribution >= 4 is 0 Å². The summed E-state index contributed by atoms with van der Waals surface area (Å²) in [5.41, 5.74) is 0. The van der Waals surface area contributed by atoms with Crippen molar-refractivity contribution in [1.82, 2.24) is 10.6 Å². The SMILES string of the molecule is CCNCCCCCCCCCCNCC. The number of hydrogen-bond acceptors (Lipinski definition) is 2. The molecule has 0 heterocycles. The summed E-state index contributed by atoms with van der Waals surface area (Å²) in [6.07, 6.45) is 11.3. The normalized spacial score (nSPS) is 10.9. The Morgan fingerprint density at radius 1 is 0.500 bits per heavy atom. The van der Waals surface area contributed by atoms with E-state index in [-0.39, 0.29) is 0 Å². The van der Waals surface area contributed by atoms with Gasteiger partial charge in [0, 0.05) is 0 Å². The molecule has 0 atom stereocenters. The molecule has 0 amide bonds. The Bertz CT molecular complexity index is 101. The lowest BCUT2D eigenvalue weighted by Crippen LogP contribution is -2.13. The first-order chi connectivity index (χ1) is 7.91. The molecule has 0 fully saturated rings. The Kier molecular flexibility index (Phi) is 14.8. The Labute approximate surface area is 103 Å². The number of unbranched alkanes of at least 4 members (excludes halogenated alkanes) is 7. The Balaban J connectivity index is 2.83. The fraction of sp³-hybridized carbons (Fsp3) is 1.00. The molecule has 2 N–H and O–H groups in total. The summed E-state index contributed by atoms with van der Waals surface area (Å²) in [6.45, 7) is 9.00. The molecule has 0 rings (SSSR count). The van der Waals surface area contributed by atoms with Crippen LogP contribution in [-0.4, -0.2) is 26.2 Å². The van der Waals surface area contributed by atoms with Crippen LogP contribution in [0.5, 0.6) is 0 Å². The van der Waals surface area contributed by atoms with Gasteiger partial charge in [-0.15, -0.1) is 0 Å². The highest BCUT2D eigenvalue weighted by Gasteiger charge is 1.92. The van der Waals surface area contributed by atoms with Gasteiger partial charge in [-0.05, 0) is 39.0 Å². The fourth-order valence-electron chi connectivity index (χ4n) is 1.91. The molecule has 0 saturated heterocycles. The smallest absolute Gasteiger partial charge is 0.00490 e. The van der Waals surface area contributed by atoms with E-state index >= 15 is 0 Å². The molecule has 98 valence electrons. The standard InChI is InChI=1S/C14H32N2/c1-3-15-13-11-9-7-5-6-8-10-12-14-16-4-2/h15-16H,3-14H2,1-2H3. The van der Waals surface area contributed by atoms with Crippen LogP contribution in [0.2, 0.25) is 0 Å². The molecule has 16 heavy (non-hydrogen) atoms. The first-order valence-corrected chi connectivity index (χ1v) is 7.33. The topological polar surface area (TPSA) is 24.1 Å². The predicted molar refractivity (Wildman–Crippen MR) is 74.0 cm³/mol. The Morgan fingerprint density at radius 2 is 0.812 bits per heavy atom. The van der Waals surface area contributed by atoms with Gasteiger partial charge in [-0.25, -0.2) is 0 Å². The van der Waals surface area contributed by atoms with Crippen molar-refractivity contribution in [3.8, 4) is 0 Å². The molecule has 0 aliphatic rings. The summed E-state index contributed by atoms with van der Waals surface area (Å²) in [5.74, 6) is 0. The zero-order valence-corrected chi connectivity index (χ0v) is 11.5. The van der Waals surface area contributed by atoms with E-state index in [1.165, 1.54) is 64.5 Å². The molecule has 0 unspecified atom stereocenters. The van der Waals surface area contributed by atoms with Crippen LogP contribution in [0.15, 0.2) is 0 Å². The minimum Gasteiger partial charge on any atom is -0.317 e. The van der Waals surface area contributed by atoms with Gasteiger partial charge in [0.25, 0.3) is 0 Å². The summed E-state index contributed by atoms with van der Waals surface area (Å²) >= 11 is 0. The highest BCUT2D eigenvalue weighted by molar-refractivity contribution is 4.50. The number of nitrogens with one attached hydrogen (secondary N) is 2. The highest BCUT2D eigenvalue weighted by Crippen LogP contribution is 2.07. The number of rotatable bonds is 13. The Morgan fingerprint density at radius 3 is 1.12 bits per heavy atom. The maximum atomic E-state index is 3.37. The van der Waals surface area contributed by atoms with Crippen molar-refractivity contribution in [3.05, 3.63) is 0 Å². The second-order valence-electron chi connectivity index (χ2n) is 4.54. The Hall–Kier alpha value is -0.0800. The third kappa shape index (κ3) is 13.9. The lowest BCUT2D eigenvalue weighted by molar-refractivity contribution is 0.546. The zero-order chi connectivity index (χ0) is 11.9. The molecule has 2 heteroatoms. The van der Waals surface area contributed by atoms with Crippen molar-refractivity contribution in [2.24, 2.45) is 0 Å². The van der Waals surface area contributed by atoms with E-state index in [1.54, 1.807) is 0 Å². The van der Waals surface area contributed by atoms with Gasteiger partial charge in [-0.3, -0.25) is 0 Å². The third-order valence-electron chi connectivity index (χ3n) is 2.96. The molecule has 0 aromatic carbocycles. The molecule has 0 aromatic heterocycles. The van der Waals surface area contributed by atoms with E-state index in [9.17, 15) is 0 Å². The van der Waals surface area contributed by atoms with Crippen LogP contribution in [0, 0.1) is 0 Å². The summed E-state index contributed by atoms with van der Waals surface area (Å²) in [7, 11) is 0. The molecule has 0 aliphatic heterocycles. The quantitative estimate of drug-likeness (QED) is 0.473. The van der Waals surface area contributed by atoms with Crippen molar-refractivity contribution in [1.29, 1.82) is 0 Å². The van der Waals surface area contributed by atoms with Gasteiger partial charge in [0.05, 0.1) is 0 Å². The van der Waals surface area contributed by atoms with Crippen LogP contribution in [0.25, 0.3) is 0 Å². The van der Waals surface area contributed by atoms with E-state index in [4.69, 9.17) is 0 Å².